The molecular weight excluding hydrogens is 264 g/mol. The van der Waals surface area contributed by atoms with Gasteiger partial charge in [-0.1, -0.05) is 0 Å². The zero-order chi connectivity index (χ0) is 13.8. The van der Waals surface area contributed by atoms with Crippen LogP contribution in [0.4, 0.5) is 0 Å². The van der Waals surface area contributed by atoms with Crippen molar-refractivity contribution in [2.45, 2.75) is 20.3 Å². The Morgan fingerprint density at radius 1 is 1.63 bits per heavy atom. The first-order valence-corrected chi connectivity index (χ1v) is 6.66. The Bertz CT molecular complexity index is 562. The van der Waals surface area contributed by atoms with Gasteiger partial charge in [0, 0.05) is 17.0 Å². The summed E-state index contributed by atoms with van der Waals surface area (Å²) in [6.07, 6.45) is 1.66. The molecule has 2 heterocycles. The number of thiophene rings is 1. The average molecular weight is 278 g/mol. The van der Waals surface area contributed by atoms with Gasteiger partial charge in [0.2, 0.25) is 11.8 Å². The molecule has 2 N–H and O–H groups in total. The first-order chi connectivity index (χ1) is 9.08. The van der Waals surface area contributed by atoms with Gasteiger partial charge in [0.25, 0.3) is 0 Å². The van der Waals surface area contributed by atoms with Crippen LogP contribution in [-0.2, 0) is 9.59 Å². The summed E-state index contributed by atoms with van der Waals surface area (Å²) in [4.78, 5) is 24.0. The first-order valence-electron chi connectivity index (χ1n) is 5.78. The van der Waals surface area contributed by atoms with Crippen molar-refractivity contribution in [3.05, 3.63) is 21.9 Å². The van der Waals surface area contributed by atoms with Crippen molar-refractivity contribution in [1.82, 2.24) is 10.9 Å². The number of carbonyl (C=O) groups excluding carboxylic acids is 2. The van der Waals surface area contributed by atoms with Gasteiger partial charge in [-0.2, -0.15) is 10.2 Å². The SMILES string of the molecule is CC1=NNC(=O)C1CC(=O)NN=Cc1sccc1C. The summed E-state index contributed by atoms with van der Waals surface area (Å²) in [5, 5.41) is 9.63. The minimum absolute atomic E-state index is 0.0575. The fourth-order valence-corrected chi connectivity index (χ4v) is 2.43. The quantitative estimate of drug-likeness (QED) is 0.636. The number of nitrogens with zero attached hydrogens (tertiary/aromatic N) is 2. The van der Waals surface area contributed by atoms with Gasteiger partial charge in [0.1, 0.15) is 0 Å². The Kier molecular flexibility index (Phi) is 4.06. The fourth-order valence-electron chi connectivity index (χ4n) is 1.64. The minimum Gasteiger partial charge on any atom is -0.273 e. The van der Waals surface area contributed by atoms with Crippen molar-refractivity contribution in [1.29, 1.82) is 0 Å². The second-order valence-corrected chi connectivity index (χ2v) is 5.19. The number of rotatable bonds is 4. The molecule has 1 aromatic rings. The smallest absolute Gasteiger partial charge is 0.249 e. The maximum Gasteiger partial charge on any atom is 0.249 e. The molecule has 1 unspecified atom stereocenters. The third-order valence-electron chi connectivity index (χ3n) is 2.83. The maximum absolute atomic E-state index is 11.6. The van der Waals surface area contributed by atoms with E-state index in [4.69, 9.17) is 0 Å². The number of hydrogen-bond acceptors (Lipinski definition) is 5. The number of nitrogens with one attached hydrogen (secondary N) is 2. The second kappa shape index (κ2) is 5.75. The van der Waals surface area contributed by atoms with Crippen LogP contribution in [0, 0.1) is 12.8 Å². The molecular formula is C12H14N4O2S. The molecule has 2 amide bonds. The van der Waals surface area contributed by atoms with Gasteiger partial charge in [0.05, 0.1) is 12.1 Å². The lowest BCUT2D eigenvalue weighted by atomic mass is 10.0. The summed E-state index contributed by atoms with van der Waals surface area (Å²) in [5.41, 5.74) is 6.50. The molecule has 1 aliphatic heterocycles. The molecule has 100 valence electrons. The van der Waals surface area contributed by atoms with Gasteiger partial charge in [-0.25, -0.2) is 10.9 Å². The minimum atomic E-state index is -0.487. The van der Waals surface area contributed by atoms with E-state index in [1.54, 1.807) is 24.5 Å². The van der Waals surface area contributed by atoms with Crippen molar-refractivity contribution < 1.29 is 9.59 Å². The van der Waals surface area contributed by atoms with Crippen molar-refractivity contribution >= 4 is 35.1 Å². The van der Waals surface area contributed by atoms with Crippen LogP contribution in [-0.4, -0.2) is 23.7 Å². The number of carbonyl (C=O) groups is 2. The lowest BCUT2D eigenvalue weighted by Gasteiger charge is -2.05. The zero-order valence-corrected chi connectivity index (χ0v) is 11.5. The second-order valence-electron chi connectivity index (χ2n) is 4.25. The Balaban J connectivity index is 1.85. The molecule has 6 nitrogen and oxygen atoms in total. The summed E-state index contributed by atoms with van der Waals surface area (Å²) >= 11 is 1.55. The predicted molar refractivity (Wildman–Crippen MR) is 74.2 cm³/mol. The number of hydrogen-bond donors (Lipinski definition) is 2. The Labute approximate surface area is 114 Å². The molecule has 0 spiro atoms. The lowest BCUT2D eigenvalue weighted by molar-refractivity contribution is -0.127. The average Bonchev–Trinajstić information content (AvgIpc) is 2.90. The van der Waals surface area contributed by atoms with Gasteiger partial charge < -0.3 is 0 Å². The molecule has 0 radical (unpaired) electrons. The Hall–Kier alpha value is -2.02. The van der Waals surface area contributed by atoms with E-state index in [-0.39, 0.29) is 18.2 Å². The molecule has 0 saturated carbocycles. The maximum atomic E-state index is 11.6. The summed E-state index contributed by atoms with van der Waals surface area (Å²) in [7, 11) is 0. The van der Waals surface area contributed by atoms with Gasteiger partial charge >= 0.3 is 0 Å². The van der Waals surface area contributed by atoms with Crippen LogP contribution in [0.2, 0.25) is 0 Å². The normalized spacial score (nSPS) is 18.5. The van der Waals surface area contributed by atoms with Crippen LogP contribution in [0.1, 0.15) is 23.8 Å². The molecule has 1 aromatic heterocycles. The van der Waals surface area contributed by atoms with E-state index in [0.717, 1.165) is 10.4 Å². The van der Waals surface area contributed by atoms with Crippen LogP contribution < -0.4 is 10.9 Å². The molecule has 1 atom stereocenters. The van der Waals surface area contributed by atoms with Gasteiger partial charge in [-0.05, 0) is 30.9 Å². The van der Waals surface area contributed by atoms with Crippen LogP contribution >= 0.6 is 11.3 Å². The Morgan fingerprint density at radius 2 is 2.42 bits per heavy atom. The van der Waals surface area contributed by atoms with Crippen molar-refractivity contribution in [2.75, 3.05) is 0 Å². The number of aryl methyl sites for hydroxylation is 1. The summed E-state index contributed by atoms with van der Waals surface area (Å²) in [6.45, 7) is 3.69. The molecule has 7 heteroatoms. The molecule has 0 aromatic carbocycles. The molecule has 2 rings (SSSR count). The van der Waals surface area contributed by atoms with Crippen molar-refractivity contribution in [2.24, 2.45) is 16.1 Å². The first kappa shape index (κ1) is 13.4. The van der Waals surface area contributed by atoms with Crippen molar-refractivity contribution in [3.8, 4) is 0 Å². The van der Waals surface area contributed by atoms with Gasteiger partial charge in [0.15, 0.2) is 0 Å². The molecule has 0 fully saturated rings. The Morgan fingerprint density at radius 3 is 3.00 bits per heavy atom. The molecule has 19 heavy (non-hydrogen) atoms. The highest BCUT2D eigenvalue weighted by Crippen LogP contribution is 2.13. The highest BCUT2D eigenvalue weighted by Gasteiger charge is 2.28. The van der Waals surface area contributed by atoms with E-state index in [1.165, 1.54) is 0 Å². The summed E-state index contributed by atoms with van der Waals surface area (Å²) < 4.78 is 0. The van der Waals surface area contributed by atoms with E-state index in [1.807, 2.05) is 18.4 Å². The van der Waals surface area contributed by atoms with E-state index in [2.05, 4.69) is 21.1 Å². The monoisotopic (exact) mass is 278 g/mol. The topological polar surface area (TPSA) is 82.9 Å². The van der Waals surface area contributed by atoms with Crippen LogP contribution in [0.5, 0.6) is 0 Å². The van der Waals surface area contributed by atoms with E-state index >= 15 is 0 Å². The molecule has 0 bridgehead atoms. The van der Waals surface area contributed by atoms with Crippen LogP contribution in [0.25, 0.3) is 0 Å². The van der Waals surface area contributed by atoms with Crippen molar-refractivity contribution in [3.63, 3.8) is 0 Å². The molecule has 0 aliphatic carbocycles. The van der Waals surface area contributed by atoms with Gasteiger partial charge in [-0.3, -0.25) is 9.59 Å². The van der Waals surface area contributed by atoms with E-state index < -0.39 is 5.92 Å². The highest BCUT2D eigenvalue weighted by molar-refractivity contribution is 7.11. The fraction of sp³-hybridized carbons (Fsp3) is 0.333. The predicted octanol–water partition coefficient (Wildman–Crippen LogP) is 1.02. The van der Waals surface area contributed by atoms with E-state index in [0.29, 0.717) is 5.71 Å². The highest BCUT2D eigenvalue weighted by atomic mass is 32.1. The zero-order valence-electron chi connectivity index (χ0n) is 10.6. The summed E-state index contributed by atoms with van der Waals surface area (Å²) in [6, 6.07) is 1.98. The number of amides is 2. The van der Waals surface area contributed by atoms with Gasteiger partial charge in [-0.15, -0.1) is 11.3 Å². The number of hydrazone groups is 2. The van der Waals surface area contributed by atoms with Crippen LogP contribution in [0.3, 0.4) is 0 Å². The lowest BCUT2D eigenvalue weighted by Crippen LogP contribution is -2.29. The van der Waals surface area contributed by atoms with Crippen LogP contribution in [0.15, 0.2) is 21.6 Å². The molecule has 1 aliphatic rings. The standard InChI is InChI=1S/C12H14N4O2S/c1-7-3-4-19-10(7)6-13-15-11(17)5-9-8(2)14-16-12(9)18/h3-4,6,9H,5H2,1-2H3,(H,15,17)(H,16,18). The third-order valence-corrected chi connectivity index (χ3v) is 3.78. The third kappa shape index (κ3) is 3.25. The van der Waals surface area contributed by atoms with E-state index in [9.17, 15) is 9.59 Å². The summed E-state index contributed by atoms with van der Waals surface area (Å²) in [5.74, 6) is -1.04. The largest absolute Gasteiger partial charge is 0.273 e. The molecule has 0 saturated heterocycles.